The standard InChI is InChI=1S/C12H13F3O/c1-8(2)6-9-4-3-5-10(7-9)11(16)12(13,14)15/h3-5,7-8H,6H2,1-2H3. The molecule has 0 saturated heterocycles. The number of hydrogen-bond donors (Lipinski definition) is 0. The summed E-state index contributed by atoms with van der Waals surface area (Å²) in [4.78, 5) is 11.0. The molecule has 0 amide bonds. The van der Waals surface area contributed by atoms with Gasteiger partial charge in [0.05, 0.1) is 0 Å². The van der Waals surface area contributed by atoms with Gasteiger partial charge in [-0.25, -0.2) is 0 Å². The molecule has 1 rings (SSSR count). The van der Waals surface area contributed by atoms with Crippen LogP contribution in [-0.4, -0.2) is 12.0 Å². The second-order valence-corrected chi connectivity index (χ2v) is 4.13. The van der Waals surface area contributed by atoms with Crippen molar-refractivity contribution in [3.63, 3.8) is 0 Å². The van der Waals surface area contributed by atoms with E-state index in [0.29, 0.717) is 12.3 Å². The number of alkyl halides is 3. The van der Waals surface area contributed by atoms with Crippen molar-refractivity contribution in [3.05, 3.63) is 35.4 Å². The van der Waals surface area contributed by atoms with Crippen molar-refractivity contribution in [1.82, 2.24) is 0 Å². The summed E-state index contributed by atoms with van der Waals surface area (Å²) < 4.78 is 36.5. The molecule has 0 aromatic heterocycles. The molecule has 0 radical (unpaired) electrons. The van der Waals surface area contributed by atoms with Crippen LogP contribution in [0.15, 0.2) is 24.3 Å². The summed E-state index contributed by atoms with van der Waals surface area (Å²) in [5.74, 6) is -1.44. The van der Waals surface area contributed by atoms with Crippen LogP contribution in [0, 0.1) is 5.92 Å². The van der Waals surface area contributed by atoms with Gasteiger partial charge in [-0.2, -0.15) is 13.2 Å². The van der Waals surface area contributed by atoms with Gasteiger partial charge in [-0.05, 0) is 24.0 Å². The Morgan fingerprint density at radius 1 is 1.31 bits per heavy atom. The van der Waals surface area contributed by atoms with Gasteiger partial charge < -0.3 is 0 Å². The van der Waals surface area contributed by atoms with E-state index in [1.807, 2.05) is 13.8 Å². The van der Waals surface area contributed by atoms with Crippen molar-refractivity contribution in [1.29, 1.82) is 0 Å². The minimum atomic E-state index is -4.80. The molecule has 1 nitrogen and oxygen atoms in total. The van der Waals surface area contributed by atoms with Crippen LogP contribution in [0.5, 0.6) is 0 Å². The average molecular weight is 230 g/mol. The zero-order valence-corrected chi connectivity index (χ0v) is 9.14. The summed E-state index contributed by atoms with van der Waals surface area (Å²) in [6, 6.07) is 5.72. The first-order chi connectivity index (χ1) is 7.30. The van der Waals surface area contributed by atoms with Crippen LogP contribution in [0.4, 0.5) is 13.2 Å². The van der Waals surface area contributed by atoms with Gasteiger partial charge in [0, 0.05) is 5.56 Å². The van der Waals surface area contributed by atoms with Crippen LogP contribution < -0.4 is 0 Å². The summed E-state index contributed by atoms with van der Waals surface area (Å²) >= 11 is 0. The largest absolute Gasteiger partial charge is 0.454 e. The fourth-order valence-electron chi connectivity index (χ4n) is 1.47. The molecule has 0 spiro atoms. The summed E-state index contributed by atoms with van der Waals surface area (Å²) in [5, 5.41) is 0. The fourth-order valence-corrected chi connectivity index (χ4v) is 1.47. The topological polar surface area (TPSA) is 17.1 Å². The molecule has 16 heavy (non-hydrogen) atoms. The van der Waals surface area contributed by atoms with E-state index >= 15 is 0 Å². The third-order valence-electron chi connectivity index (χ3n) is 2.09. The highest BCUT2D eigenvalue weighted by Crippen LogP contribution is 2.22. The van der Waals surface area contributed by atoms with Crippen LogP contribution in [0.1, 0.15) is 29.8 Å². The van der Waals surface area contributed by atoms with E-state index < -0.39 is 12.0 Å². The molecule has 1 aromatic carbocycles. The monoisotopic (exact) mass is 230 g/mol. The second kappa shape index (κ2) is 4.68. The predicted octanol–water partition coefficient (Wildman–Crippen LogP) is 3.63. The van der Waals surface area contributed by atoms with Gasteiger partial charge in [0.15, 0.2) is 0 Å². The number of rotatable bonds is 3. The third-order valence-corrected chi connectivity index (χ3v) is 2.09. The number of halogens is 3. The maximum absolute atomic E-state index is 12.2. The molecular weight excluding hydrogens is 217 g/mol. The normalized spacial score (nSPS) is 11.9. The van der Waals surface area contributed by atoms with Gasteiger partial charge in [0.25, 0.3) is 5.78 Å². The minimum Gasteiger partial charge on any atom is -0.284 e. The smallest absolute Gasteiger partial charge is 0.284 e. The van der Waals surface area contributed by atoms with Crippen molar-refractivity contribution in [2.45, 2.75) is 26.4 Å². The number of benzene rings is 1. The molecule has 88 valence electrons. The molecule has 0 heterocycles. The lowest BCUT2D eigenvalue weighted by Gasteiger charge is -2.08. The van der Waals surface area contributed by atoms with Crippen LogP contribution >= 0.6 is 0 Å². The van der Waals surface area contributed by atoms with E-state index in [1.165, 1.54) is 18.2 Å². The number of carbonyl (C=O) groups is 1. The Hall–Kier alpha value is -1.32. The van der Waals surface area contributed by atoms with Crippen LogP contribution in [0.25, 0.3) is 0 Å². The Kier molecular flexibility index (Phi) is 3.73. The van der Waals surface area contributed by atoms with Crippen LogP contribution in [-0.2, 0) is 6.42 Å². The first kappa shape index (κ1) is 12.7. The number of hydrogen-bond acceptors (Lipinski definition) is 1. The molecule has 0 N–H and O–H groups in total. The van der Waals surface area contributed by atoms with Gasteiger partial charge in [-0.1, -0.05) is 32.0 Å². The second-order valence-electron chi connectivity index (χ2n) is 4.13. The molecule has 0 unspecified atom stereocenters. The summed E-state index contributed by atoms with van der Waals surface area (Å²) in [5.41, 5.74) is 0.468. The Balaban J connectivity index is 2.95. The van der Waals surface area contributed by atoms with Crippen molar-refractivity contribution in [2.24, 2.45) is 5.92 Å². The van der Waals surface area contributed by atoms with Gasteiger partial charge in [-0.3, -0.25) is 4.79 Å². The molecule has 0 atom stereocenters. The zero-order chi connectivity index (χ0) is 12.3. The quantitative estimate of drug-likeness (QED) is 0.724. The lowest BCUT2D eigenvalue weighted by atomic mass is 9.99. The van der Waals surface area contributed by atoms with Crippen LogP contribution in [0.3, 0.4) is 0 Å². The zero-order valence-electron chi connectivity index (χ0n) is 9.14. The van der Waals surface area contributed by atoms with E-state index in [0.717, 1.165) is 5.56 Å². The lowest BCUT2D eigenvalue weighted by molar-refractivity contribution is -0.0885. The predicted molar refractivity (Wildman–Crippen MR) is 55.4 cm³/mol. The molecule has 0 bridgehead atoms. The summed E-state index contributed by atoms with van der Waals surface area (Å²) in [6.07, 6.45) is -4.13. The first-order valence-electron chi connectivity index (χ1n) is 5.01. The summed E-state index contributed by atoms with van der Waals surface area (Å²) in [7, 11) is 0. The van der Waals surface area contributed by atoms with Gasteiger partial charge in [-0.15, -0.1) is 0 Å². The number of ketones is 1. The van der Waals surface area contributed by atoms with Crippen molar-refractivity contribution in [2.75, 3.05) is 0 Å². The molecule has 1 aromatic rings. The van der Waals surface area contributed by atoms with E-state index in [4.69, 9.17) is 0 Å². The van der Waals surface area contributed by atoms with Crippen molar-refractivity contribution >= 4 is 5.78 Å². The Morgan fingerprint density at radius 3 is 2.44 bits per heavy atom. The Morgan fingerprint density at radius 2 is 1.94 bits per heavy atom. The first-order valence-corrected chi connectivity index (χ1v) is 5.01. The molecule has 4 heteroatoms. The summed E-state index contributed by atoms with van der Waals surface area (Å²) in [6.45, 7) is 3.94. The minimum absolute atomic E-state index is 0.286. The van der Waals surface area contributed by atoms with Crippen LogP contribution in [0.2, 0.25) is 0 Å². The Bertz CT molecular complexity index is 380. The average Bonchev–Trinajstić information content (AvgIpc) is 2.14. The molecule has 0 aliphatic carbocycles. The van der Waals surface area contributed by atoms with Crippen molar-refractivity contribution < 1.29 is 18.0 Å². The van der Waals surface area contributed by atoms with Crippen molar-refractivity contribution in [3.8, 4) is 0 Å². The van der Waals surface area contributed by atoms with Gasteiger partial charge in [0.2, 0.25) is 0 Å². The maximum Gasteiger partial charge on any atom is 0.454 e. The third kappa shape index (κ3) is 3.36. The molecule has 0 saturated carbocycles. The molecule has 0 aliphatic rings. The highest BCUT2D eigenvalue weighted by Gasteiger charge is 2.39. The molecule has 0 fully saturated rings. The van der Waals surface area contributed by atoms with E-state index in [9.17, 15) is 18.0 Å². The highest BCUT2D eigenvalue weighted by molar-refractivity contribution is 6.00. The maximum atomic E-state index is 12.2. The van der Waals surface area contributed by atoms with E-state index in [1.54, 1.807) is 6.07 Å². The lowest BCUT2D eigenvalue weighted by Crippen LogP contribution is -2.22. The Labute approximate surface area is 92.3 Å². The van der Waals surface area contributed by atoms with Gasteiger partial charge >= 0.3 is 6.18 Å². The van der Waals surface area contributed by atoms with E-state index in [-0.39, 0.29) is 5.56 Å². The number of Topliss-reactive ketones (excluding diaryl/α,β-unsaturated/α-hetero) is 1. The number of carbonyl (C=O) groups excluding carboxylic acids is 1. The SMILES string of the molecule is CC(C)Cc1cccc(C(=O)C(F)(F)F)c1. The molecule has 0 aliphatic heterocycles. The van der Waals surface area contributed by atoms with E-state index in [2.05, 4.69) is 0 Å². The highest BCUT2D eigenvalue weighted by atomic mass is 19.4. The molecular formula is C12H13F3O. The van der Waals surface area contributed by atoms with Gasteiger partial charge in [0.1, 0.15) is 0 Å². The fraction of sp³-hybridized carbons (Fsp3) is 0.417.